The van der Waals surface area contributed by atoms with E-state index in [4.69, 9.17) is 9.26 Å². The molecule has 1 aromatic heterocycles. The maximum absolute atomic E-state index is 14.5. The van der Waals surface area contributed by atoms with Crippen LogP contribution in [0.2, 0.25) is 0 Å². The van der Waals surface area contributed by atoms with Crippen molar-refractivity contribution in [3.05, 3.63) is 65.8 Å². The topological polar surface area (TPSA) is 121 Å². The SMILES string of the molecule is CC(C)(O)c1ccc(-c2cccc(N(CC34CCC(c5noc(C(C)(C)F)n5)(CC3)CC4)C(=O)NCC3(CO)CCOCC3)c2)cc1. The lowest BCUT2D eigenvalue weighted by molar-refractivity contribution is -0.0138. The van der Waals surface area contributed by atoms with Gasteiger partial charge in [0.05, 0.1) is 12.2 Å². The molecule has 0 unspecified atom stereocenters. The molecule has 4 aliphatic rings. The minimum absolute atomic E-state index is 0.00380. The molecule has 3 aliphatic carbocycles. The van der Waals surface area contributed by atoms with Gasteiger partial charge in [-0.2, -0.15) is 4.98 Å². The molecule has 0 atom stereocenters. The number of hydrogen-bond acceptors (Lipinski definition) is 7. The first-order valence-electron chi connectivity index (χ1n) is 17.0. The Bertz CT molecular complexity index is 1530. The average molecular weight is 649 g/mol. The third-order valence-corrected chi connectivity index (χ3v) is 11.1. The van der Waals surface area contributed by atoms with Gasteiger partial charge in [-0.25, -0.2) is 9.18 Å². The van der Waals surface area contributed by atoms with E-state index in [9.17, 15) is 19.4 Å². The van der Waals surface area contributed by atoms with Crippen LogP contribution in [0.4, 0.5) is 14.9 Å². The molecule has 254 valence electrons. The normalized spacial score (nSPS) is 24.2. The van der Waals surface area contributed by atoms with Gasteiger partial charge in [0.15, 0.2) is 11.5 Å². The van der Waals surface area contributed by atoms with E-state index in [-0.39, 0.29) is 29.4 Å². The van der Waals surface area contributed by atoms with Gasteiger partial charge < -0.3 is 24.8 Å². The van der Waals surface area contributed by atoms with Crippen LogP contribution in [0.15, 0.2) is 53.1 Å². The van der Waals surface area contributed by atoms with Crippen molar-refractivity contribution in [2.75, 3.05) is 37.8 Å². The number of nitrogens with zero attached hydrogens (tertiary/aromatic N) is 3. The van der Waals surface area contributed by atoms with Gasteiger partial charge >= 0.3 is 6.03 Å². The summed E-state index contributed by atoms with van der Waals surface area (Å²) in [6, 6.07) is 15.7. The number of hydrogen-bond donors (Lipinski definition) is 3. The van der Waals surface area contributed by atoms with E-state index in [2.05, 4.69) is 21.5 Å². The van der Waals surface area contributed by atoms with Crippen molar-refractivity contribution in [2.24, 2.45) is 10.8 Å². The van der Waals surface area contributed by atoms with E-state index in [1.807, 2.05) is 47.4 Å². The van der Waals surface area contributed by atoms with Crippen LogP contribution in [0.3, 0.4) is 0 Å². The molecule has 1 saturated heterocycles. The van der Waals surface area contributed by atoms with E-state index < -0.39 is 16.7 Å². The number of urea groups is 1. The summed E-state index contributed by atoms with van der Waals surface area (Å²) in [6.45, 7) is 8.47. The smallest absolute Gasteiger partial charge is 0.321 e. The Balaban J connectivity index is 1.25. The van der Waals surface area contributed by atoms with Gasteiger partial charge in [-0.3, -0.25) is 4.90 Å². The number of benzene rings is 2. The highest BCUT2D eigenvalue weighted by Gasteiger charge is 2.53. The monoisotopic (exact) mass is 648 g/mol. The van der Waals surface area contributed by atoms with Gasteiger partial charge in [-0.15, -0.1) is 0 Å². The van der Waals surface area contributed by atoms with Crippen LogP contribution in [0, 0.1) is 10.8 Å². The second-order valence-corrected chi connectivity index (χ2v) is 15.4. The first-order valence-corrected chi connectivity index (χ1v) is 17.0. The second-order valence-electron chi connectivity index (χ2n) is 15.4. The number of aromatic nitrogens is 2. The minimum atomic E-state index is -1.69. The number of anilines is 1. The predicted molar refractivity (Wildman–Crippen MR) is 178 cm³/mol. The maximum atomic E-state index is 14.5. The molecule has 2 amide bonds. The number of ether oxygens (including phenoxy) is 1. The van der Waals surface area contributed by atoms with Crippen molar-refractivity contribution in [1.82, 2.24) is 15.5 Å². The zero-order valence-corrected chi connectivity index (χ0v) is 28.1. The number of aliphatic hydroxyl groups is 2. The second kappa shape index (κ2) is 12.6. The van der Waals surface area contributed by atoms with E-state index >= 15 is 0 Å². The molecule has 0 spiro atoms. The molecule has 2 bridgehead atoms. The van der Waals surface area contributed by atoms with Crippen LogP contribution in [0.1, 0.15) is 96.3 Å². The zero-order valence-electron chi connectivity index (χ0n) is 28.1. The summed E-state index contributed by atoms with van der Waals surface area (Å²) in [5.41, 5.74) is 0.292. The first kappa shape index (κ1) is 33.6. The summed E-state index contributed by atoms with van der Waals surface area (Å²) in [7, 11) is 0. The Morgan fingerprint density at radius 1 is 0.957 bits per heavy atom. The lowest BCUT2D eigenvalue weighted by Crippen LogP contribution is -2.54. The van der Waals surface area contributed by atoms with Crippen LogP contribution in [-0.4, -0.2) is 59.3 Å². The van der Waals surface area contributed by atoms with Gasteiger partial charge in [0.25, 0.3) is 5.89 Å². The molecule has 3 saturated carbocycles. The van der Waals surface area contributed by atoms with Crippen molar-refractivity contribution < 1.29 is 28.7 Å². The summed E-state index contributed by atoms with van der Waals surface area (Å²) < 4.78 is 25.4. The Morgan fingerprint density at radius 2 is 1.62 bits per heavy atom. The summed E-state index contributed by atoms with van der Waals surface area (Å²) in [6.07, 6.45) is 6.66. The van der Waals surface area contributed by atoms with Crippen molar-refractivity contribution in [1.29, 1.82) is 0 Å². The third-order valence-electron chi connectivity index (χ3n) is 11.1. The lowest BCUT2D eigenvalue weighted by Gasteiger charge is -2.53. The van der Waals surface area contributed by atoms with Crippen LogP contribution in [0.5, 0.6) is 0 Å². The summed E-state index contributed by atoms with van der Waals surface area (Å²) >= 11 is 0. The van der Waals surface area contributed by atoms with Crippen molar-refractivity contribution in [3.8, 4) is 11.1 Å². The van der Waals surface area contributed by atoms with Crippen LogP contribution in [0.25, 0.3) is 11.1 Å². The standard InChI is InChI=1S/C37H49FN4O5/c1-33(2,38)31-40-30(41-47-31)37-15-12-35(13-16-37,14-17-37)24-42(32(44)39-23-36(25-43)18-20-46-21-19-36)29-7-5-6-27(22-29)26-8-10-28(11-9-26)34(3,4)45/h5-11,22,43,45H,12-21,23-25H2,1-4H3,(H,39,44). The fourth-order valence-electron chi connectivity index (χ4n) is 7.61. The Kier molecular flexibility index (Phi) is 9.00. The van der Waals surface area contributed by atoms with Crippen molar-refractivity contribution in [3.63, 3.8) is 0 Å². The fourth-order valence-corrected chi connectivity index (χ4v) is 7.61. The largest absolute Gasteiger partial charge is 0.396 e. The van der Waals surface area contributed by atoms with Crippen LogP contribution >= 0.6 is 0 Å². The molecular formula is C37H49FN4O5. The molecule has 9 nitrogen and oxygen atoms in total. The zero-order chi connectivity index (χ0) is 33.5. The van der Waals surface area contributed by atoms with Gasteiger partial charge in [0.1, 0.15) is 0 Å². The van der Waals surface area contributed by atoms with Crippen LogP contribution in [-0.2, 0) is 21.4 Å². The molecule has 3 aromatic rings. The number of aliphatic hydroxyl groups excluding tert-OH is 1. The van der Waals surface area contributed by atoms with E-state index in [1.165, 1.54) is 13.8 Å². The Morgan fingerprint density at radius 3 is 2.19 bits per heavy atom. The molecule has 1 aliphatic heterocycles. The predicted octanol–water partition coefficient (Wildman–Crippen LogP) is 6.77. The number of carbonyl (C=O) groups is 1. The molecule has 2 aromatic carbocycles. The van der Waals surface area contributed by atoms with Crippen LogP contribution < -0.4 is 10.2 Å². The number of rotatable bonds is 10. The third kappa shape index (κ3) is 6.96. The van der Waals surface area contributed by atoms with Gasteiger partial charge in [0.2, 0.25) is 0 Å². The molecule has 0 radical (unpaired) electrons. The van der Waals surface area contributed by atoms with E-state index in [1.54, 1.807) is 13.8 Å². The van der Waals surface area contributed by atoms with Gasteiger partial charge in [0, 0.05) is 42.8 Å². The number of halogens is 1. The highest BCUT2D eigenvalue weighted by Crippen LogP contribution is 2.57. The summed E-state index contributed by atoms with van der Waals surface area (Å²) in [5.74, 6) is 0.627. The first-order chi connectivity index (χ1) is 22.3. The molecule has 7 rings (SSSR count). The lowest BCUT2D eigenvalue weighted by atomic mass is 9.53. The number of alkyl halides is 1. The molecule has 10 heteroatoms. The fraction of sp³-hybridized carbons (Fsp3) is 0.595. The van der Waals surface area contributed by atoms with Gasteiger partial charge in [-0.1, -0.05) is 41.6 Å². The quantitative estimate of drug-likeness (QED) is 0.222. The minimum Gasteiger partial charge on any atom is -0.396 e. The Hall–Kier alpha value is -3.34. The number of carbonyl (C=O) groups excluding carboxylic acids is 1. The Labute approximate surface area is 276 Å². The summed E-state index contributed by atoms with van der Waals surface area (Å²) in [5, 5.41) is 28.1. The van der Waals surface area contributed by atoms with Crippen molar-refractivity contribution in [2.45, 2.75) is 95.7 Å². The summed E-state index contributed by atoms with van der Waals surface area (Å²) in [4.78, 5) is 20.6. The highest BCUT2D eigenvalue weighted by molar-refractivity contribution is 5.93. The average Bonchev–Trinajstić information content (AvgIpc) is 3.60. The highest BCUT2D eigenvalue weighted by atomic mass is 19.1. The van der Waals surface area contributed by atoms with Gasteiger partial charge in [-0.05, 0) is 113 Å². The molecule has 47 heavy (non-hydrogen) atoms. The molecule has 2 heterocycles. The number of nitrogens with one attached hydrogen (secondary N) is 1. The number of amides is 2. The molecule has 4 fully saturated rings. The van der Waals surface area contributed by atoms with Crippen molar-refractivity contribution >= 4 is 11.7 Å². The number of fused-ring (bicyclic) bond motifs is 3. The van der Waals surface area contributed by atoms with E-state index in [0.29, 0.717) is 45.0 Å². The molecular weight excluding hydrogens is 599 g/mol. The molecule has 3 N–H and O–H groups in total. The van der Waals surface area contributed by atoms with E-state index in [0.717, 1.165) is 60.9 Å². The maximum Gasteiger partial charge on any atom is 0.321 e.